The lowest BCUT2D eigenvalue weighted by atomic mass is 9.75. The van der Waals surface area contributed by atoms with Crippen LogP contribution in [-0.4, -0.2) is 12.6 Å². The Morgan fingerprint density at radius 2 is 1.84 bits per heavy atom. The molecule has 0 spiro atoms. The average Bonchev–Trinajstić information content (AvgIpc) is 3.27. The maximum absolute atomic E-state index is 12.6. The van der Waals surface area contributed by atoms with Gasteiger partial charge in [-0.05, 0) is 69.6 Å². The summed E-state index contributed by atoms with van der Waals surface area (Å²) in [5.74, 6) is 0.956. The van der Waals surface area contributed by atoms with E-state index in [4.69, 9.17) is 9.47 Å². The SMILES string of the molecule is C=C1CC2COC(=O)C2(Cc2ccc(OCc3ccccc3-c3ccccc3)c(Br)c2)C1. The smallest absolute Gasteiger partial charge is 0.313 e. The largest absolute Gasteiger partial charge is 0.488 e. The minimum Gasteiger partial charge on any atom is -0.488 e. The summed E-state index contributed by atoms with van der Waals surface area (Å²) >= 11 is 3.67. The van der Waals surface area contributed by atoms with Crippen LogP contribution in [0, 0.1) is 11.3 Å². The van der Waals surface area contributed by atoms with Crippen LogP contribution < -0.4 is 4.74 Å². The Morgan fingerprint density at radius 3 is 2.66 bits per heavy atom. The van der Waals surface area contributed by atoms with Crippen molar-refractivity contribution in [1.82, 2.24) is 0 Å². The molecule has 1 aliphatic heterocycles. The van der Waals surface area contributed by atoms with Crippen LogP contribution in [0.5, 0.6) is 5.75 Å². The molecule has 0 radical (unpaired) electrons. The van der Waals surface area contributed by atoms with Crippen LogP contribution in [0.2, 0.25) is 0 Å². The highest BCUT2D eigenvalue weighted by Gasteiger charge is 2.55. The van der Waals surface area contributed by atoms with Gasteiger partial charge in [-0.2, -0.15) is 0 Å². The Bertz CT molecular complexity index is 1170. The quantitative estimate of drug-likeness (QED) is 0.284. The molecule has 1 saturated heterocycles. The number of cyclic esters (lactones) is 1. The fourth-order valence-corrected chi connectivity index (χ4v) is 5.64. The third-order valence-electron chi connectivity index (χ3n) is 6.71. The predicted molar refractivity (Wildman–Crippen MR) is 129 cm³/mol. The second-order valence-corrected chi connectivity index (χ2v) is 9.69. The topological polar surface area (TPSA) is 35.5 Å². The Kier molecular flexibility index (Phi) is 5.64. The van der Waals surface area contributed by atoms with Gasteiger partial charge in [-0.25, -0.2) is 0 Å². The minimum absolute atomic E-state index is 0.0740. The van der Waals surface area contributed by atoms with E-state index in [0.29, 0.717) is 19.6 Å². The zero-order valence-corrected chi connectivity index (χ0v) is 19.4. The molecule has 162 valence electrons. The van der Waals surface area contributed by atoms with Gasteiger partial charge in [0.15, 0.2) is 0 Å². The van der Waals surface area contributed by atoms with E-state index >= 15 is 0 Å². The maximum Gasteiger partial charge on any atom is 0.313 e. The van der Waals surface area contributed by atoms with Crippen LogP contribution in [0.1, 0.15) is 24.0 Å². The molecule has 0 amide bonds. The molecule has 32 heavy (non-hydrogen) atoms. The zero-order chi connectivity index (χ0) is 22.1. The average molecular weight is 489 g/mol. The molecule has 4 heteroatoms. The molecule has 1 heterocycles. The number of hydrogen-bond donors (Lipinski definition) is 0. The zero-order valence-electron chi connectivity index (χ0n) is 17.9. The number of allylic oxidation sites excluding steroid dienone is 1. The first-order valence-electron chi connectivity index (χ1n) is 10.9. The molecule has 1 saturated carbocycles. The van der Waals surface area contributed by atoms with Crippen molar-refractivity contribution in [2.75, 3.05) is 6.61 Å². The minimum atomic E-state index is -0.451. The third-order valence-corrected chi connectivity index (χ3v) is 7.33. The van der Waals surface area contributed by atoms with Gasteiger partial charge >= 0.3 is 5.97 Å². The molecule has 3 nitrogen and oxygen atoms in total. The van der Waals surface area contributed by atoms with Gasteiger partial charge in [0.2, 0.25) is 0 Å². The summed E-state index contributed by atoms with van der Waals surface area (Å²) in [5, 5.41) is 0. The van der Waals surface area contributed by atoms with Crippen molar-refractivity contribution in [3.8, 4) is 16.9 Å². The van der Waals surface area contributed by atoms with Crippen LogP contribution in [0.3, 0.4) is 0 Å². The maximum atomic E-state index is 12.6. The molecule has 1 aliphatic carbocycles. The number of esters is 1. The van der Waals surface area contributed by atoms with E-state index in [1.165, 1.54) is 11.1 Å². The number of fused-ring (bicyclic) bond motifs is 1. The van der Waals surface area contributed by atoms with Crippen molar-refractivity contribution in [1.29, 1.82) is 0 Å². The van der Waals surface area contributed by atoms with Crippen LogP contribution in [0.25, 0.3) is 11.1 Å². The predicted octanol–water partition coefficient (Wildman–Crippen LogP) is 6.75. The molecule has 0 N–H and O–H groups in total. The molecule has 2 aliphatic rings. The molecule has 2 unspecified atom stereocenters. The summed E-state index contributed by atoms with van der Waals surface area (Å²) in [6.45, 7) is 5.12. The van der Waals surface area contributed by atoms with Crippen molar-refractivity contribution in [2.45, 2.75) is 25.9 Å². The molecule has 0 bridgehead atoms. The lowest BCUT2D eigenvalue weighted by Gasteiger charge is -2.24. The molecule has 5 rings (SSSR count). The molecular formula is C28H25BrO3. The summed E-state index contributed by atoms with van der Waals surface area (Å²) in [7, 11) is 0. The molecule has 2 fully saturated rings. The highest BCUT2D eigenvalue weighted by Crippen LogP contribution is 2.52. The number of carbonyl (C=O) groups is 1. The number of hydrogen-bond acceptors (Lipinski definition) is 3. The van der Waals surface area contributed by atoms with E-state index in [2.05, 4.69) is 65.0 Å². The molecule has 2 atom stereocenters. The highest BCUT2D eigenvalue weighted by atomic mass is 79.9. The first-order chi connectivity index (χ1) is 15.5. The van der Waals surface area contributed by atoms with Gasteiger partial charge in [-0.15, -0.1) is 0 Å². The fourth-order valence-electron chi connectivity index (χ4n) is 5.10. The van der Waals surface area contributed by atoms with Crippen LogP contribution >= 0.6 is 15.9 Å². The van der Waals surface area contributed by atoms with E-state index in [1.54, 1.807) is 0 Å². The van der Waals surface area contributed by atoms with Gasteiger partial charge < -0.3 is 9.47 Å². The van der Waals surface area contributed by atoms with Crippen molar-refractivity contribution in [3.05, 3.63) is 101 Å². The lowest BCUT2D eigenvalue weighted by Crippen LogP contribution is -2.31. The monoisotopic (exact) mass is 488 g/mol. The first kappa shape index (κ1) is 21.0. The van der Waals surface area contributed by atoms with Crippen molar-refractivity contribution >= 4 is 21.9 Å². The van der Waals surface area contributed by atoms with E-state index in [-0.39, 0.29) is 11.9 Å². The van der Waals surface area contributed by atoms with E-state index < -0.39 is 5.41 Å². The van der Waals surface area contributed by atoms with Gasteiger partial charge in [0, 0.05) is 5.92 Å². The Balaban J connectivity index is 1.32. The van der Waals surface area contributed by atoms with Gasteiger partial charge in [-0.3, -0.25) is 4.79 Å². The summed E-state index contributed by atoms with van der Waals surface area (Å²) in [5.41, 5.74) is 5.29. The van der Waals surface area contributed by atoms with Gasteiger partial charge in [0.25, 0.3) is 0 Å². The van der Waals surface area contributed by atoms with Crippen molar-refractivity contribution in [2.24, 2.45) is 11.3 Å². The second-order valence-electron chi connectivity index (χ2n) is 8.84. The number of ether oxygens (including phenoxy) is 2. The third kappa shape index (κ3) is 3.88. The number of carbonyl (C=O) groups excluding carboxylic acids is 1. The van der Waals surface area contributed by atoms with Crippen molar-refractivity contribution in [3.63, 3.8) is 0 Å². The highest BCUT2D eigenvalue weighted by molar-refractivity contribution is 9.10. The number of rotatable bonds is 6. The molecule has 3 aromatic carbocycles. The fraction of sp³-hybridized carbons (Fsp3) is 0.250. The Morgan fingerprint density at radius 1 is 1.06 bits per heavy atom. The Hall–Kier alpha value is -2.85. The van der Waals surface area contributed by atoms with Gasteiger partial charge in [0.1, 0.15) is 12.4 Å². The van der Waals surface area contributed by atoms with Gasteiger partial charge in [0.05, 0.1) is 16.5 Å². The standard InChI is InChI=1S/C28H25BrO3/c1-19-13-23-18-32-27(30)28(23,15-19)16-20-11-12-26(25(29)14-20)31-17-22-9-5-6-10-24(22)21-7-3-2-4-8-21/h2-12,14,23H,1,13,15-18H2. The molecule has 3 aromatic rings. The Labute approximate surface area is 197 Å². The lowest BCUT2D eigenvalue weighted by molar-refractivity contribution is -0.146. The summed E-state index contributed by atoms with van der Waals surface area (Å²) in [6.07, 6.45) is 2.28. The molecule has 0 aromatic heterocycles. The summed E-state index contributed by atoms with van der Waals surface area (Å²) in [4.78, 5) is 12.6. The summed E-state index contributed by atoms with van der Waals surface area (Å²) < 4.78 is 12.5. The second kappa shape index (κ2) is 8.59. The molecular weight excluding hydrogens is 464 g/mol. The van der Waals surface area contributed by atoms with Crippen molar-refractivity contribution < 1.29 is 14.3 Å². The van der Waals surface area contributed by atoms with Crippen LogP contribution in [0.4, 0.5) is 0 Å². The van der Waals surface area contributed by atoms with Crippen LogP contribution in [0.15, 0.2) is 89.4 Å². The van der Waals surface area contributed by atoms with E-state index in [0.717, 1.165) is 39.8 Å². The first-order valence-corrected chi connectivity index (χ1v) is 11.7. The van der Waals surface area contributed by atoms with E-state index in [1.807, 2.05) is 30.3 Å². The number of halogens is 1. The van der Waals surface area contributed by atoms with E-state index in [9.17, 15) is 4.79 Å². The van der Waals surface area contributed by atoms with Gasteiger partial charge in [-0.1, -0.05) is 72.8 Å². The number of benzene rings is 3. The normalized spacial score (nSPS) is 22.0. The van der Waals surface area contributed by atoms with Crippen LogP contribution in [-0.2, 0) is 22.6 Å². The summed E-state index contributed by atoms with van der Waals surface area (Å²) in [6, 6.07) is 24.8.